The normalized spacial score (nSPS) is 13.2. The van der Waals surface area contributed by atoms with Gasteiger partial charge in [0.2, 0.25) is 0 Å². The third-order valence-corrected chi connectivity index (χ3v) is 5.09. The summed E-state index contributed by atoms with van der Waals surface area (Å²) in [6, 6.07) is 12.5. The zero-order valence-corrected chi connectivity index (χ0v) is 17.6. The highest BCUT2D eigenvalue weighted by molar-refractivity contribution is 6.06. The number of carbonyl (C=O) groups excluding carboxylic acids is 2. The van der Waals surface area contributed by atoms with Crippen molar-refractivity contribution in [3.05, 3.63) is 53.6 Å². The SMILES string of the molecule is COCCCNC(=O)c1cc(NC(=O)c2cccc(OC)c2)ccc1N1CCCC1. The molecule has 160 valence electrons. The zero-order chi connectivity index (χ0) is 21.3. The molecule has 0 unspecified atom stereocenters. The highest BCUT2D eigenvalue weighted by Gasteiger charge is 2.20. The summed E-state index contributed by atoms with van der Waals surface area (Å²) < 4.78 is 10.2. The van der Waals surface area contributed by atoms with Gasteiger partial charge in [-0.15, -0.1) is 0 Å². The van der Waals surface area contributed by atoms with Crippen molar-refractivity contribution < 1.29 is 19.1 Å². The Kier molecular flexibility index (Phi) is 7.68. The molecule has 2 aromatic carbocycles. The molecule has 2 N–H and O–H groups in total. The molecule has 1 aliphatic rings. The van der Waals surface area contributed by atoms with Crippen LogP contribution in [-0.2, 0) is 4.74 Å². The zero-order valence-electron chi connectivity index (χ0n) is 17.6. The van der Waals surface area contributed by atoms with Crippen LogP contribution in [0.25, 0.3) is 0 Å². The number of nitrogens with one attached hydrogen (secondary N) is 2. The van der Waals surface area contributed by atoms with Gasteiger partial charge >= 0.3 is 0 Å². The van der Waals surface area contributed by atoms with Crippen molar-refractivity contribution in [1.82, 2.24) is 5.32 Å². The largest absolute Gasteiger partial charge is 0.497 e. The first-order valence-corrected chi connectivity index (χ1v) is 10.2. The molecule has 1 aliphatic heterocycles. The standard InChI is InChI=1S/C23H29N3O4/c1-29-14-6-11-24-23(28)20-16-18(9-10-21(20)26-12-3-4-13-26)25-22(27)17-7-5-8-19(15-17)30-2/h5,7-10,15-16H,3-4,6,11-14H2,1-2H3,(H,24,28)(H,25,27). The Morgan fingerprint density at radius 2 is 1.83 bits per heavy atom. The summed E-state index contributed by atoms with van der Waals surface area (Å²) in [5.74, 6) is 0.211. The van der Waals surface area contributed by atoms with Crippen LogP contribution < -0.4 is 20.3 Å². The number of nitrogens with zero attached hydrogens (tertiary/aromatic N) is 1. The Morgan fingerprint density at radius 3 is 2.57 bits per heavy atom. The lowest BCUT2D eigenvalue weighted by Gasteiger charge is -2.22. The number of rotatable bonds is 9. The fourth-order valence-corrected chi connectivity index (χ4v) is 3.51. The van der Waals surface area contributed by atoms with Crippen molar-refractivity contribution in [2.24, 2.45) is 0 Å². The van der Waals surface area contributed by atoms with E-state index in [1.807, 2.05) is 12.1 Å². The summed E-state index contributed by atoms with van der Waals surface area (Å²) in [4.78, 5) is 27.7. The van der Waals surface area contributed by atoms with Crippen LogP contribution >= 0.6 is 0 Å². The van der Waals surface area contributed by atoms with Crippen LogP contribution in [0, 0.1) is 0 Å². The lowest BCUT2D eigenvalue weighted by atomic mass is 10.1. The molecule has 2 aromatic rings. The third-order valence-electron chi connectivity index (χ3n) is 5.09. The predicted molar refractivity (Wildman–Crippen MR) is 118 cm³/mol. The Bertz CT molecular complexity index is 879. The summed E-state index contributed by atoms with van der Waals surface area (Å²) in [5.41, 5.74) is 2.53. The van der Waals surface area contributed by atoms with Gasteiger partial charge in [-0.2, -0.15) is 0 Å². The Morgan fingerprint density at radius 1 is 1.03 bits per heavy atom. The van der Waals surface area contributed by atoms with Gasteiger partial charge in [0.1, 0.15) is 5.75 Å². The molecule has 0 saturated carbocycles. The molecule has 7 nitrogen and oxygen atoms in total. The van der Waals surface area contributed by atoms with Crippen molar-refractivity contribution in [3.63, 3.8) is 0 Å². The van der Waals surface area contributed by atoms with Crippen LogP contribution in [0.2, 0.25) is 0 Å². The summed E-state index contributed by atoms with van der Waals surface area (Å²) in [5, 5.41) is 5.84. The summed E-state index contributed by atoms with van der Waals surface area (Å²) in [6.45, 7) is 2.99. The van der Waals surface area contributed by atoms with Crippen molar-refractivity contribution in [3.8, 4) is 5.75 Å². The minimum atomic E-state index is -0.255. The minimum Gasteiger partial charge on any atom is -0.497 e. The highest BCUT2D eigenvalue weighted by Crippen LogP contribution is 2.28. The molecule has 1 heterocycles. The molecule has 30 heavy (non-hydrogen) atoms. The monoisotopic (exact) mass is 411 g/mol. The van der Waals surface area contributed by atoms with Gasteiger partial charge in [-0.3, -0.25) is 9.59 Å². The Balaban J connectivity index is 1.79. The predicted octanol–water partition coefficient (Wildman–Crippen LogP) is 3.31. The van der Waals surface area contributed by atoms with Gasteiger partial charge in [-0.1, -0.05) is 6.07 Å². The molecule has 3 rings (SSSR count). The van der Waals surface area contributed by atoms with Gasteiger partial charge in [0.05, 0.1) is 12.7 Å². The van der Waals surface area contributed by atoms with Crippen molar-refractivity contribution in [1.29, 1.82) is 0 Å². The van der Waals surface area contributed by atoms with Gasteiger partial charge in [-0.05, 0) is 55.7 Å². The lowest BCUT2D eigenvalue weighted by Crippen LogP contribution is -2.29. The van der Waals surface area contributed by atoms with Crippen LogP contribution in [0.15, 0.2) is 42.5 Å². The van der Waals surface area contributed by atoms with E-state index in [9.17, 15) is 9.59 Å². The number of anilines is 2. The molecule has 2 amide bonds. The van der Waals surface area contributed by atoms with E-state index in [1.165, 1.54) is 0 Å². The second kappa shape index (κ2) is 10.6. The number of methoxy groups -OCH3 is 2. The second-order valence-corrected chi connectivity index (χ2v) is 7.21. The summed E-state index contributed by atoms with van der Waals surface area (Å²) >= 11 is 0. The first-order chi connectivity index (χ1) is 14.6. The van der Waals surface area contributed by atoms with Crippen molar-refractivity contribution in [2.75, 3.05) is 50.7 Å². The Labute approximate surface area is 177 Å². The van der Waals surface area contributed by atoms with Crippen LogP contribution in [-0.4, -0.2) is 52.3 Å². The maximum Gasteiger partial charge on any atom is 0.255 e. The number of carbonyl (C=O) groups is 2. The van der Waals surface area contributed by atoms with E-state index in [0.29, 0.717) is 35.7 Å². The maximum atomic E-state index is 12.9. The number of hydrogen-bond donors (Lipinski definition) is 2. The minimum absolute atomic E-state index is 0.148. The number of benzene rings is 2. The summed E-state index contributed by atoms with van der Waals surface area (Å²) in [6.07, 6.45) is 2.97. The van der Waals surface area contributed by atoms with Crippen molar-refractivity contribution >= 4 is 23.2 Å². The molecule has 0 spiro atoms. The van der Waals surface area contributed by atoms with Crippen LogP contribution in [0.4, 0.5) is 11.4 Å². The molecular weight excluding hydrogens is 382 g/mol. The van der Waals surface area contributed by atoms with Crippen LogP contribution in [0.1, 0.15) is 40.0 Å². The molecule has 0 bridgehead atoms. The van der Waals surface area contributed by atoms with E-state index < -0.39 is 0 Å². The molecule has 7 heteroatoms. The van der Waals surface area contributed by atoms with E-state index in [1.54, 1.807) is 44.6 Å². The quantitative estimate of drug-likeness (QED) is 0.619. The van der Waals surface area contributed by atoms with Gasteiger partial charge in [0.25, 0.3) is 11.8 Å². The number of amides is 2. The molecule has 0 aromatic heterocycles. The highest BCUT2D eigenvalue weighted by atomic mass is 16.5. The van der Waals surface area contributed by atoms with E-state index >= 15 is 0 Å². The van der Waals surface area contributed by atoms with Crippen LogP contribution in [0.3, 0.4) is 0 Å². The first-order valence-electron chi connectivity index (χ1n) is 10.2. The van der Waals surface area contributed by atoms with E-state index in [4.69, 9.17) is 9.47 Å². The lowest BCUT2D eigenvalue weighted by molar-refractivity contribution is 0.0947. The van der Waals surface area contributed by atoms with Gasteiger partial charge in [-0.25, -0.2) is 0 Å². The second-order valence-electron chi connectivity index (χ2n) is 7.21. The van der Waals surface area contributed by atoms with Gasteiger partial charge in [0.15, 0.2) is 0 Å². The topological polar surface area (TPSA) is 79.9 Å². The smallest absolute Gasteiger partial charge is 0.255 e. The number of ether oxygens (including phenoxy) is 2. The average molecular weight is 412 g/mol. The fourth-order valence-electron chi connectivity index (χ4n) is 3.51. The maximum absolute atomic E-state index is 12.9. The molecule has 0 aliphatic carbocycles. The fraction of sp³-hybridized carbons (Fsp3) is 0.391. The molecule has 0 atom stereocenters. The average Bonchev–Trinajstić information content (AvgIpc) is 3.31. The van der Waals surface area contributed by atoms with Gasteiger partial charge < -0.3 is 25.0 Å². The molecule has 1 fully saturated rings. The molecular formula is C23H29N3O4. The molecule has 0 radical (unpaired) electrons. The van der Waals surface area contributed by atoms with E-state index in [2.05, 4.69) is 15.5 Å². The van der Waals surface area contributed by atoms with Gasteiger partial charge in [0, 0.05) is 50.3 Å². The number of hydrogen-bond acceptors (Lipinski definition) is 5. The third kappa shape index (κ3) is 5.51. The first kappa shape index (κ1) is 21.6. The van der Waals surface area contributed by atoms with E-state index in [0.717, 1.165) is 38.0 Å². The van der Waals surface area contributed by atoms with Crippen LogP contribution in [0.5, 0.6) is 5.75 Å². The molecule has 1 saturated heterocycles. The Hall–Kier alpha value is -3.06. The summed E-state index contributed by atoms with van der Waals surface area (Å²) in [7, 11) is 3.20. The van der Waals surface area contributed by atoms with E-state index in [-0.39, 0.29) is 11.8 Å². The van der Waals surface area contributed by atoms with Crippen molar-refractivity contribution in [2.45, 2.75) is 19.3 Å².